The van der Waals surface area contributed by atoms with Crippen LogP contribution in [0.5, 0.6) is 0 Å². The second-order valence-electron chi connectivity index (χ2n) is 4.73. The van der Waals surface area contributed by atoms with Crippen molar-refractivity contribution in [1.82, 2.24) is 5.32 Å². The number of benzene rings is 1. The lowest BCUT2D eigenvalue weighted by molar-refractivity contribution is 0.657. The molecule has 1 fully saturated rings. The van der Waals surface area contributed by atoms with Gasteiger partial charge in [-0.3, -0.25) is 0 Å². The second kappa shape index (κ2) is 5.71. The fourth-order valence-corrected chi connectivity index (χ4v) is 2.11. The van der Waals surface area contributed by atoms with E-state index in [4.69, 9.17) is 5.73 Å². The van der Waals surface area contributed by atoms with E-state index < -0.39 is 0 Å². The summed E-state index contributed by atoms with van der Waals surface area (Å²) in [4.78, 5) is 4.33. The number of nitrogens with one attached hydrogen (secondary N) is 1. The van der Waals surface area contributed by atoms with Crippen LogP contribution in [0.4, 0.5) is 0 Å². The average molecular weight is 231 g/mol. The monoisotopic (exact) mass is 231 g/mol. The van der Waals surface area contributed by atoms with E-state index in [2.05, 4.69) is 29.4 Å². The Balaban J connectivity index is 1.71. The summed E-state index contributed by atoms with van der Waals surface area (Å²) in [6.45, 7) is 3.88. The Morgan fingerprint density at radius 2 is 2.12 bits per heavy atom. The zero-order valence-corrected chi connectivity index (χ0v) is 10.4. The van der Waals surface area contributed by atoms with Crippen molar-refractivity contribution in [2.75, 3.05) is 6.54 Å². The first kappa shape index (κ1) is 12.0. The van der Waals surface area contributed by atoms with Gasteiger partial charge in [0.15, 0.2) is 5.96 Å². The van der Waals surface area contributed by atoms with Crippen LogP contribution in [-0.4, -0.2) is 12.5 Å². The molecule has 1 aliphatic carbocycles. The fourth-order valence-electron chi connectivity index (χ4n) is 2.11. The average Bonchev–Trinajstić information content (AvgIpc) is 3.14. The molecule has 92 valence electrons. The van der Waals surface area contributed by atoms with Crippen molar-refractivity contribution in [3.8, 4) is 0 Å². The predicted molar refractivity (Wildman–Crippen MR) is 71.7 cm³/mol. The van der Waals surface area contributed by atoms with Crippen molar-refractivity contribution in [1.29, 1.82) is 0 Å². The van der Waals surface area contributed by atoms with E-state index in [9.17, 15) is 0 Å². The molecule has 0 saturated heterocycles. The van der Waals surface area contributed by atoms with Crippen molar-refractivity contribution in [3.63, 3.8) is 0 Å². The SMILES string of the molecule is CC[C@@H]1C[C@H]1CNC(N)=NCc1ccccc1. The number of hydrogen-bond acceptors (Lipinski definition) is 1. The summed E-state index contributed by atoms with van der Waals surface area (Å²) in [5.41, 5.74) is 7.01. The van der Waals surface area contributed by atoms with Crippen molar-refractivity contribution >= 4 is 5.96 Å². The zero-order chi connectivity index (χ0) is 12.1. The van der Waals surface area contributed by atoms with Crippen molar-refractivity contribution in [2.24, 2.45) is 22.6 Å². The van der Waals surface area contributed by atoms with Crippen LogP contribution in [-0.2, 0) is 6.54 Å². The summed E-state index contributed by atoms with van der Waals surface area (Å²) >= 11 is 0. The molecule has 0 heterocycles. The molecule has 0 amide bonds. The summed E-state index contributed by atoms with van der Waals surface area (Å²) in [7, 11) is 0. The molecule has 3 N–H and O–H groups in total. The standard InChI is InChI=1S/C14H21N3/c1-2-12-8-13(12)10-17-14(15)16-9-11-6-4-3-5-7-11/h3-7,12-13H,2,8-10H2,1H3,(H3,15,16,17)/t12-,13+/m1/s1. The van der Waals surface area contributed by atoms with Crippen molar-refractivity contribution < 1.29 is 0 Å². The molecular weight excluding hydrogens is 210 g/mol. The highest BCUT2D eigenvalue weighted by molar-refractivity contribution is 5.77. The molecule has 3 nitrogen and oxygen atoms in total. The third-order valence-electron chi connectivity index (χ3n) is 3.41. The molecule has 1 aromatic carbocycles. The first-order valence-electron chi connectivity index (χ1n) is 6.37. The minimum atomic E-state index is 0.565. The van der Waals surface area contributed by atoms with Gasteiger partial charge in [0.2, 0.25) is 0 Å². The van der Waals surface area contributed by atoms with Crippen LogP contribution in [0.1, 0.15) is 25.3 Å². The Morgan fingerprint density at radius 1 is 1.35 bits per heavy atom. The fraction of sp³-hybridized carbons (Fsp3) is 0.500. The summed E-state index contributed by atoms with van der Waals surface area (Å²) in [5.74, 6) is 2.28. The lowest BCUT2D eigenvalue weighted by Gasteiger charge is -2.04. The van der Waals surface area contributed by atoms with Gasteiger partial charge in [0.05, 0.1) is 6.54 Å². The van der Waals surface area contributed by atoms with Gasteiger partial charge in [0, 0.05) is 6.54 Å². The molecule has 0 aliphatic heterocycles. The molecule has 1 saturated carbocycles. The van der Waals surface area contributed by atoms with E-state index in [0.29, 0.717) is 12.5 Å². The molecule has 0 aromatic heterocycles. The van der Waals surface area contributed by atoms with Crippen LogP contribution in [0.15, 0.2) is 35.3 Å². The molecule has 17 heavy (non-hydrogen) atoms. The molecule has 1 aromatic rings. The number of guanidine groups is 1. The predicted octanol–water partition coefficient (Wildman–Crippen LogP) is 2.14. The van der Waals surface area contributed by atoms with Gasteiger partial charge in [-0.15, -0.1) is 0 Å². The summed E-state index contributed by atoms with van der Waals surface area (Å²) in [6, 6.07) is 10.2. The van der Waals surface area contributed by atoms with Gasteiger partial charge in [-0.25, -0.2) is 4.99 Å². The van der Waals surface area contributed by atoms with Crippen LogP contribution in [0.25, 0.3) is 0 Å². The first-order valence-corrected chi connectivity index (χ1v) is 6.37. The van der Waals surface area contributed by atoms with Crippen LogP contribution < -0.4 is 11.1 Å². The highest BCUT2D eigenvalue weighted by Crippen LogP contribution is 2.40. The molecule has 0 spiro atoms. The number of nitrogens with zero attached hydrogens (tertiary/aromatic N) is 1. The number of rotatable bonds is 5. The molecule has 0 bridgehead atoms. The third-order valence-corrected chi connectivity index (χ3v) is 3.41. The Morgan fingerprint density at radius 3 is 2.76 bits per heavy atom. The van der Waals surface area contributed by atoms with Crippen LogP contribution in [0, 0.1) is 11.8 Å². The van der Waals surface area contributed by atoms with Crippen LogP contribution in [0.3, 0.4) is 0 Å². The third kappa shape index (κ3) is 3.77. The van der Waals surface area contributed by atoms with E-state index >= 15 is 0 Å². The molecular formula is C14H21N3. The van der Waals surface area contributed by atoms with Crippen LogP contribution >= 0.6 is 0 Å². The smallest absolute Gasteiger partial charge is 0.188 e. The molecule has 0 unspecified atom stereocenters. The highest BCUT2D eigenvalue weighted by Gasteiger charge is 2.34. The van der Waals surface area contributed by atoms with Crippen molar-refractivity contribution in [2.45, 2.75) is 26.3 Å². The first-order chi connectivity index (χ1) is 8.29. The lowest BCUT2D eigenvalue weighted by atomic mass is 10.2. The lowest BCUT2D eigenvalue weighted by Crippen LogP contribution is -2.33. The van der Waals surface area contributed by atoms with Gasteiger partial charge in [-0.2, -0.15) is 0 Å². The minimum Gasteiger partial charge on any atom is -0.370 e. The number of aliphatic imine (C=N–C) groups is 1. The van der Waals surface area contributed by atoms with Gasteiger partial charge < -0.3 is 11.1 Å². The van der Waals surface area contributed by atoms with Gasteiger partial charge in [-0.05, 0) is 23.8 Å². The van der Waals surface area contributed by atoms with E-state index in [1.54, 1.807) is 0 Å². The van der Waals surface area contributed by atoms with Crippen molar-refractivity contribution in [3.05, 3.63) is 35.9 Å². The van der Waals surface area contributed by atoms with Gasteiger partial charge in [0.25, 0.3) is 0 Å². The van der Waals surface area contributed by atoms with E-state index in [-0.39, 0.29) is 0 Å². The molecule has 1 aliphatic rings. The topological polar surface area (TPSA) is 50.4 Å². The zero-order valence-electron chi connectivity index (χ0n) is 10.4. The van der Waals surface area contributed by atoms with Crippen LogP contribution in [0.2, 0.25) is 0 Å². The summed E-state index contributed by atoms with van der Waals surface area (Å²) in [5, 5.41) is 3.21. The maximum absolute atomic E-state index is 5.82. The normalized spacial score (nSPS) is 23.5. The largest absolute Gasteiger partial charge is 0.370 e. The molecule has 3 heteroatoms. The van der Waals surface area contributed by atoms with Gasteiger partial charge in [-0.1, -0.05) is 43.7 Å². The Kier molecular flexibility index (Phi) is 4.02. The van der Waals surface area contributed by atoms with E-state index in [0.717, 1.165) is 18.4 Å². The quantitative estimate of drug-likeness (QED) is 0.602. The Bertz CT molecular complexity index is 372. The van der Waals surface area contributed by atoms with E-state index in [1.165, 1.54) is 18.4 Å². The summed E-state index contributed by atoms with van der Waals surface area (Å²) in [6.07, 6.45) is 2.63. The summed E-state index contributed by atoms with van der Waals surface area (Å²) < 4.78 is 0. The Labute approximate surface area is 103 Å². The van der Waals surface area contributed by atoms with Gasteiger partial charge in [0.1, 0.15) is 0 Å². The maximum Gasteiger partial charge on any atom is 0.188 e. The number of nitrogens with two attached hydrogens (primary N) is 1. The molecule has 0 radical (unpaired) electrons. The minimum absolute atomic E-state index is 0.565. The number of hydrogen-bond donors (Lipinski definition) is 2. The Hall–Kier alpha value is -1.51. The second-order valence-corrected chi connectivity index (χ2v) is 4.73. The highest BCUT2D eigenvalue weighted by atomic mass is 15.1. The van der Waals surface area contributed by atoms with E-state index in [1.807, 2.05) is 18.2 Å². The molecule has 2 atom stereocenters. The maximum atomic E-state index is 5.82. The molecule has 2 rings (SSSR count). The van der Waals surface area contributed by atoms with Gasteiger partial charge >= 0.3 is 0 Å².